The molecule has 0 atom stereocenters. The van der Waals surface area contributed by atoms with Crippen molar-refractivity contribution in [2.24, 2.45) is 7.05 Å². The number of anilines is 2. The number of nitrogens with zero attached hydrogens (tertiary/aromatic N) is 3. The highest BCUT2D eigenvalue weighted by molar-refractivity contribution is 7.22. The fourth-order valence-electron chi connectivity index (χ4n) is 3.24. The number of aliphatic hydroxyl groups excluding tert-OH is 1. The number of thiazole rings is 1. The van der Waals surface area contributed by atoms with E-state index in [4.69, 9.17) is 5.11 Å². The third kappa shape index (κ3) is 4.53. The van der Waals surface area contributed by atoms with Crippen molar-refractivity contribution in [2.45, 2.75) is 19.0 Å². The highest BCUT2D eigenvalue weighted by Gasteiger charge is 2.30. The average molecular weight is 463 g/mol. The van der Waals surface area contributed by atoms with E-state index in [0.29, 0.717) is 51.8 Å². The molecule has 0 spiro atoms. The molecule has 0 radical (unpaired) electrons. The Bertz CT molecular complexity index is 1280. The zero-order valence-corrected chi connectivity index (χ0v) is 17.8. The molecule has 0 bridgehead atoms. The minimum Gasteiger partial charge on any atom is -0.396 e. The van der Waals surface area contributed by atoms with E-state index in [2.05, 4.69) is 20.6 Å². The molecule has 11 heteroatoms. The van der Waals surface area contributed by atoms with Crippen molar-refractivity contribution < 1.29 is 23.1 Å². The summed E-state index contributed by atoms with van der Waals surface area (Å²) in [7, 11) is 1.79. The predicted octanol–water partition coefficient (Wildman–Crippen LogP) is 4.45. The third-order valence-corrected chi connectivity index (χ3v) is 5.88. The number of carbonyl (C=O) groups excluding carboxylic acids is 1. The van der Waals surface area contributed by atoms with Crippen molar-refractivity contribution in [3.05, 3.63) is 47.5 Å². The molecule has 0 aliphatic heterocycles. The van der Waals surface area contributed by atoms with Gasteiger partial charge < -0.3 is 20.3 Å². The third-order valence-electron chi connectivity index (χ3n) is 4.95. The van der Waals surface area contributed by atoms with Gasteiger partial charge in [-0.1, -0.05) is 11.3 Å². The lowest BCUT2D eigenvalue weighted by Crippen LogP contribution is -2.24. The van der Waals surface area contributed by atoms with E-state index < -0.39 is 11.7 Å². The lowest BCUT2D eigenvalue weighted by atomic mass is 10.2. The van der Waals surface area contributed by atoms with Gasteiger partial charge in [0.25, 0.3) is 5.91 Å². The summed E-state index contributed by atoms with van der Waals surface area (Å²) in [5.41, 5.74) is 1.59. The predicted molar refractivity (Wildman–Crippen MR) is 117 cm³/mol. The highest BCUT2D eigenvalue weighted by Crippen LogP contribution is 2.35. The number of unbranched alkanes of at least 4 members (excludes halogenated alkanes) is 1. The normalized spacial score (nSPS) is 11.9. The number of imidazole rings is 1. The minimum absolute atomic E-state index is 0.0870. The molecule has 2 heterocycles. The molecule has 0 aliphatic rings. The second-order valence-electron chi connectivity index (χ2n) is 7.21. The highest BCUT2D eigenvalue weighted by atomic mass is 32.1. The van der Waals surface area contributed by atoms with Crippen molar-refractivity contribution in [2.75, 3.05) is 18.5 Å². The molecule has 0 unspecified atom stereocenters. The number of aryl methyl sites for hydroxylation is 1. The number of fused-ring (bicyclic) bond motifs is 2. The molecule has 2 aromatic heterocycles. The van der Waals surface area contributed by atoms with E-state index in [-0.39, 0.29) is 12.5 Å². The van der Waals surface area contributed by atoms with Gasteiger partial charge in [0, 0.05) is 25.8 Å². The quantitative estimate of drug-likeness (QED) is 0.352. The number of alkyl halides is 3. The number of amides is 1. The summed E-state index contributed by atoms with van der Waals surface area (Å²) in [4.78, 5) is 21.2. The molecule has 32 heavy (non-hydrogen) atoms. The fraction of sp³-hybridized carbons (Fsp3) is 0.286. The van der Waals surface area contributed by atoms with E-state index in [1.807, 2.05) is 0 Å². The van der Waals surface area contributed by atoms with Crippen LogP contribution in [0.25, 0.3) is 21.3 Å². The summed E-state index contributed by atoms with van der Waals surface area (Å²) in [5, 5.41) is 15.1. The number of hydrogen-bond acceptors (Lipinski definition) is 6. The Morgan fingerprint density at radius 3 is 2.69 bits per heavy atom. The van der Waals surface area contributed by atoms with Gasteiger partial charge in [-0.3, -0.25) is 4.79 Å². The Morgan fingerprint density at radius 2 is 1.94 bits per heavy atom. The smallest absolute Gasteiger partial charge is 0.396 e. The van der Waals surface area contributed by atoms with Gasteiger partial charge in [0.1, 0.15) is 0 Å². The monoisotopic (exact) mass is 463 g/mol. The van der Waals surface area contributed by atoms with Gasteiger partial charge >= 0.3 is 6.18 Å². The topological polar surface area (TPSA) is 92.1 Å². The van der Waals surface area contributed by atoms with E-state index >= 15 is 0 Å². The standard InChI is InChI=1S/C21H20F3N5O2S/c1-29-16-7-4-12(18(31)25-8-2-3-9-30)10-15(16)26-19(29)28-20-27-14-6-5-13(21(22,23)24)11-17(14)32-20/h4-7,10-11,30H,2-3,8-9H2,1H3,(H,25,31)(H,26,27,28). The molecule has 0 aliphatic carbocycles. The molecule has 3 N–H and O–H groups in total. The van der Waals surface area contributed by atoms with Crippen LogP contribution in [0.4, 0.5) is 24.3 Å². The molecular weight excluding hydrogens is 443 g/mol. The van der Waals surface area contributed by atoms with Crippen LogP contribution in [0.15, 0.2) is 36.4 Å². The first-order valence-electron chi connectivity index (χ1n) is 9.86. The zero-order chi connectivity index (χ0) is 22.9. The molecule has 1 amide bonds. The van der Waals surface area contributed by atoms with E-state index in [0.717, 1.165) is 29.0 Å². The zero-order valence-electron chi connectivity index (χ0n) is 17.0. The van der Waals surface area contributed by atoms with E-state index in [1.165, 1.54) is 6.07 Å². The summed E-state index contributed by atoms with van der Waals surface area (Å²) in [6.45, 7) is 0.559. The maximum atomic E-state index is 12.9. The number of nitrogens with one attached hydrogen (secondary N) is 2. The fourth-order valence-corrected chi connectivity index (χ4v) is 4.14. The Morgan fingerprint density at radius 1 is 1.12 bits per heavy atom. The van der Waals surface area contributed by atoms with Crippen molar-refractivity contribution in [3.63, 3.8) is 0 Å². The molecule has 7 nitrogen and oxygen atoms in total. The maximum Gasteiger partial charge on any atom is 0.416 e. The van der Waals surface area contributed by atoms with Crippen molar-refractivity contribution in [1.82, 2.24) is 19.9 Å². The second kappa shape index (κ2) is 8.75. The Kier molecular flexibility index (Phi) is 6.02. The number of aliphatic hydroxyl groups is 1. The number of aromatic nitrogens is 3. The molecular formula is C21H20F3N5O2S. The lowest BCUT2D eigenvalue weighted by Gasteiger charge is -2.05. The summed E-state index contributed by atoms with van der Waals surface area (Å²) in [6, 6.07) is 8.60. The Labute approximate surface area is 184 Å². The number of halogens is 3. The van der Waals surface area contributed by atoms with Gasteiger partial charge in [-0.25, -0.2) is 9.97 Å². The van der Waals surface area contributed by atoms with Crippen LogP contribution >= 0.6 is 11.3 Å². The van der Waals surface area contributed by atoms with Crippen LogP contribution in [0.5, 0.6) is 0 Å². The average Bonchev–Trinajstić information content (AvgIpc) is 3.30. The van der Waals surface area contributed by atoms with E-state index in [9.17, 15) is 18.0 Å². The molecule has 4 rings (SSSR count). The maximum absolute atomic E-state index is 12.9. The van der Waals surface area contributed by atoms with Crippen molar-refractivity contribution in [1.29, 1.82) is 0 Å². The van der Waals surface area contributed by atoms with Crippen LogP contribution in [0, 0.1) is 0 Å². The van der Waals surface area contributed by atoms with Gasteiger partial charge in [0.2, 0.25) is 5.95 Å². The molecule has 0 saturated carbocycles. The minimum atomic E-state index is -4.41. The Hall–Kier alpha value is -3.18. The van der Waals surface area contributed by atoms with Gasteiger partial charge in [-0.05, 0) is 49.2 Å². The molecule has 168 valence electrons. The lowest BCUT2D eigenvalue weighted by molar-refractivity contribution is -0.137. The summed E-state index contributed by atoms with van der Waals surface area (Å²) in [5.74, 6) is 0.229. The summed E-state index contributed by atoms with van der Waals surface area (Å²) in [6.07, 6.45) is -3.10. The number of carbonyl (C=O) groups is 1. The molecule has 4 aromatic rings. The van der Waals surface area contributed by atoms with Crippen molar-refractivity contribution in [3.8, 4) is 0 Å². The first-order valence-corrected chi connectivity index (χ1v) is 10.7. The van der Waals surface area contributed by atoms with Crippen LogP contribution in [0.2, 0.25) is 0 Å². The number of hydrogen-bond donors (Lipinski definition) is 3. The first-order chi connectivity index (χ1) is 15.3. The Balaban J connectivity index is 1.55. The first kappa shape index (κ1) is 22.0. The van der Waals surface area contributed by atoms with Crippen LogP contribution in [-0.4, -0.2) is 38.7 Å². The van der Waals surface area contributed by atoms with Crippen LogP contribution < -0.4 is 10.6 Å². The number of benzene rings is 2. The number of rotatable bonds is 7. The molecule has 0 saturated heterocycles. The largest absolute Gasteiger partial charge is 0.416 e. The van der Waals surface area contributed by atoms with Gasteiger partial charge in [-0.15, -0.1) is 0 Å². The van der Waals surface area contributed by atoms with Crippen LogP contribution in [0.3, 0.4) is 0 Å². The van der Waals surface area contributed by atoms with Crippen LogP contribution in [-0.2, 0) is 13.2 Å². The van der Waals surface area contributed by atoms with E-state index in [1.54, 1.807) is 29.8 Å². The van der Waals surface area contributed by atoms with Gasteiger partial charge in [-0.2, -0.15) is 13.2 Å². The summed E-state index contributed by atoms with van der Waals surface area (Å²) < 4.78 is 41.1. The van der Waals surface area contributed by atoms with Gasteiger partial charge in [0.15, 0.2) is 5.13 Å². The second-order valence-corrected chi connectivity index (χ2v) is 8.24. The molecule has 0 fully saturated rings. The van der Waals surface area contributed by atoms with Crippen LogP contribution in [0.1, 0.15) is 28.8 Å². The van der Waals surface area contributed by atoms with Gasteiger partial charge in [0.05, 0.1) is 26.8 Å². The van der Waals surface area contributed by atoms with Crippen molar-refractivity contribution >= 4 is 49.6 Å². The summed E-state index contributed by atoms with van der Waals surface area (Å²) >= 11 is 1.10. The molecule has 2 aromatic carbocycles. The SMILES string of the molecule is Cn1c(Nc2nc3ccc(C(F)(F)F)cc3s2)nc2cc(C(=O)NCCCCO)ccc21.